The summed E-state index contributed by atoms with van der Waals surface area (Å²) in [5.41, 5.74) is 3.62. The van der Waals surface area contributed by atoms with E-state index in [1.165, 1.54) is 11.1 Å². The molecule has 1 N–H and O–H groups in total. The standard InChI is InChI=1S/C23H32N4O/c1-18(2)14-19-5-7-20(8-6-19)16-27-13-3-4-22(17-27)26-23(28)10-9-21-15-24-11-12-25-21/h5-8,11-12,15,18,22H,3-4,9-10,13-14,16-17H2,1-2H3,(H,26,28)/t22-/m1/s1. The van der Waals surface area contributed by atoms with E-state index < -0.39 is 0 Å². The molecule has 0 aliphatic carbocycles. The summed E-state index contributed by atoms with van der Waals surface area (Å²) in [4.78, 5) is 23.0. The van der Waals surface area contributed by atoms with E-state index in [-0.39, 0.29) is 11.9 Å². The number of amides is 1. The lowest BCUT2D eigenvalue weighted by Gasteiger charge is -2.33. The van der Waals surface area contributed by atoms with E-state index in [1.54, 1.807) is 18.6 Å². The predicted octanol–water partition coefficient (Wildman–Crippen LogP) is 3.39. The number of piperidine rings is 1. The number of benzene rings is 1. The lowest BCUT2D eigenvalue weighted by Crippen LogP contribution is -2.47. The van der Waals surface area contributed by atoms with Crippen molar-refractivity contribution in [3.63, 3.8) is 0 Å². The summed E-state index contributed by atoms with van der Waals surface area (Å²) in [6, 6.07) is 9.25. The van der Waals surface area contributed by atoms with Crippen molar-refractivity contribution in [3.05, 3.63) is 59.7 Å². The molecule has 5 heteroatoms. The molecule has 1 saturated heterocycles. The van der Waals surface area contributed by atoms with Crippen LogP contribution in [0.3, 0.4) is 0 Å². The molecule has 1 amide bonds. The van der Waals surface area contributed by atoms with Crippen molar-refractivity contribution >= 4 is 5.91 Å². The van der Waals surface area contributed by atoms with Crippen molar-refractivity contribution in [2.45, 2.75) is 58.5 Å². The molecular weight excluding hydrogens is 348 g/mol. The number of nitrogens with one attached hydrogen (secondary N) is 1. The minimum atomic E-state index is 0.107. The van der Waals surface area contributed by atoms with Gasteiger partial charge in [-0.1, -0.05) is 38.1 Å². The number of aromatic nitrogens is 2. The van der Waals surface area contributed by atoms with Gasteiger partial charge in [0, 0.05) is 44.1 Å². The fourth-order valence-corrected chi connectivity index (χ4v) is 3.83. The number of carbonyl (C=O) groups is 1. The molecule has 1 aliphatic rings. The molecule has 28 heavy (non-hydrogen) atoms. The Hall–Kier alpha value is -2.27. The van der Waals surface area contributed by atoms with Crippen LogP contribution in [0.5, 0.6) is 0 Å². The summed E-state index contributed by atoms with van der Waals surface area (Å²) in [6.45, 7) is 7.48. The Balaban J connectivity index is 1.44. The Morgan fingerprint density at radius 2 is 2.00 bits per heavy atom. The number of rotatable bonds is 8. The van der Waals surface area contributed by atoms with Gasteiger partial charge < -0.3 is 5.32 Å². The maximum atomic E-state index is 12.3. The number of aryl methyl sites for hydroxylation is 1. The first-order valence-electron chi connectivity index (χ1n) is 10.4. The van der Waals surface area contributed by atoms with Crippen LogP contribution in [0.4, 0.5) is 0 Å². The van der Waals surface area contributed by atoms with Crippen LogP contribution in [-0.2, 0) is 24.2 Å². The molecule has 1 aromatic heterocycles. The molecule has 1 fully saturated rings. The highest BCUT2D eigenvalue weighted by molar-refractivity contribution is 5.76. The van der Waals surface area contributed by atoms with E-state index in [0.717, 1.165) is 44.6 Å². The predicted molar refractivity (Wildman–Crippen MR) is 112 cm³/mol. The number of carbonyl (C=O) groups excluding carboxylic acids is 1. The second-order valence-corrected chi connectivity index (χ2v) is 8.25. The minimum Gasteiger partial charge on any atom is -0.352 e. The van der Waals surface area contributed by atoms with Crippen LogP contribution in [0.1, 0.15) is 49.9 Å². The first-order valence-corrected chi connectivity index (χ1v) is 10.4. The quantitative estimate of drug-likeness (QED) is 0.763. The van der Waals surface area contributed by atoms with Gasteiger partial charge in [0.2, 0.25) is 5.91 Å². The van der Waals surface area contributed by atoms with Gasteiger partial charge in [0.05, 0.1) is 5.69 Å². The summed E-state index contributed by atoms with van der Waals surface area (Å²) in [7, 11) is 0. The third-order valence-corrected chi connectivity index (χ3v) is 5.17. The lowest BCUT2D eigenvalue weighted by molar-refractivity contribution is -0.122. The summed E-state index contributed by atoms with van der Waals surface area (Å²) in [5.74, 6) is 0.793. The zero-order chi connectivity index (χ0) is 19.8. The van der Waals surface area contributed by atoms with E-state index in [1.807, 2.05) is 0 Å². The monoisotopic (exact) mass is 380 g/mol. The molecule has 0 radical (unpaired) electrons. The van der Waals surface area contributed by atoms with E-state index in [2.05, 4.69) is 58.3 Å². The molecular formula is C23H32N4O. The number of hydrogen-bond donors (Lipinski definition) is 1. The van der Waals surface area contributed by atoms with Gasteiger partial charge in [-0.3, -0.25) is 19.7 Å². The van der Waals surface area contributed by atoms with Gasteiger partial charge in [0.1, 0.15) is 0 Å². The Morgan fingerprint density at radius 1 is 1.21 bits per heavy atom. The SMILES string of the molecule is CC(C)Cc1ccc(CN2CCC[C@@H](NC(=O)CCc3cnccn3)C2)cc1. The number of hydrogen-bond acceptors (Lipinski definition) is 4. The number of likely N-dealkylation sites (tertiary alicyclic amines) is 1. The molecule has 3 rings (SSSR count). The molecule has 1 aliphatic heterocycles. The normalized spacial score (nSPS) is 17.6. The average molecular weight is 381 g/mol. The summed E-state index contributed by atoms with van der Waals surface area (Å²) in [5, 5.41) is 3.21. The summed E-state index contributed by atoms with van der Waals surface area (Å²) in [6.07, 6.45) is 9.46. The van der Waals surface area contributed by atoms with E-state index in [0.29, 0.717) is 18.8 Å². The minimum absolute atomic E-state index is 0.107. The van der Waals surface area contributed by atoms with E-state index in [9.17, 15) is 4.79 Å². The molecule has 1 atom stereocenters. The van der Waals surface area contributed by atoms with Crippen LogP contribution < -0.4 is 5.32 Å². The third-order valence-electron chi connectivity index (χ3n) is 5.17. The lowest BCUT2D eigenvalue weighted by atomic mass is 10.0. The van der Waals surface area contributed by atoms with Gasteiger partial charge >= 0.3 is 0 Å². The van der Waals surface area contributed by atoms with Crippen LogP contribution >= 0.6 is 0 Å². The molecule has 0 saturated carbocycles. The van der Waals surface area contributed by atoms with Crippen molar-refractivity contribution in [2.24, 2.45) is 5.92 Å². The van der Waals surface area contributed by atoms with Crippen LogP contribution in [0.15, 0.2) is 42.9 Å². The van der Waals surface area contributed by atoms with Gasteiger partial charge in [0.25, 0.3) is 0 Å². The molecule has 1 aromatic carbocycles. The van der Waals surface area contributed by atoms with Crippen molar-refractivity contribution in [1.82, 2.24) is 20.2 Å². The smallest absolute Gasteiger partial charge is 0.220 e. The maximum absolute atomic E-state index is 12.3. The highest BCUT2D eigenvalue weighted by atomic mass is 16.1. The molecule has 0 bridgehead atoms. The zero-order valence-electron chi connectivity index (χ0n) is 17.1. The Morgan fingerprint density at radius 3 is 2.71 bits per heavy atom. The highest BCUT2D eigenvalue weighted by Gasteiger charge is 2.21. The van der Waals surface area contributed by atoms with E-state index in [4.69, 9.17) is 0 Å². The zero-order valence-corrected chi connectivity index (χ0v) is 17.1. The van der Waals surface area contributed by atoms with Crippen LogP contribution in [0.2, 0.25) is 0 Å². The van der Waals surface area contributed by atoms with E-state index >= 15 is 0 Å². The number of nitrogens with zero attached hydrogens (tertiary/aromatic N) is 3. The van der Waals surface area contributed by atoms with Gasteiger partial charge in [-0.05, 0) is 49.3 Å². The molecule has 2 aromatic rings. The van der Waals surface area contributed by atoms with Gasteiger partial charge in [0.15, 0.2) is 0 Å². The largest absolute Gasteiger partial charge is 0.352 e. The van der Waals surface area contributed by atoms with Gasteiger partial charge in [-0.2, -0.15) is 0 Å². The van der Waals surface area contributed by atoms with Crippen LogP contribution in [0.25, 0.3) is 0 Å². The van der Waals surface area contributed by atoms with Crippen molar-refractivity contribution in [3.8, 4) is 0 Å². The average Bonchev–Trinajstić information content (AvgIpc) is 2.69. The second-order valence-electron chi connectivity index (χ2n) is 8.25. The van der Waals surface area contributed by atoms with Crippen LogP contribution in [0, 0.1) is 5.92 Å². The molecule has 0 unspecified atom stereocenters. The second kappa shape index (κ2) is 10.3. The molecule has 0 spiro atoms. The molecule has 2 heterocycles. The van der Waals surface area contributed by atoms with Gasteiger partial charge in [-0.25, -0.2) is 0 Å². The highest BCUT2D eigenvalue weighted by Crippen LogP contribution is 2.16. The summed E-state index contributed by atoms with van der Waals surface area (Å²) < 4.78 is 0. The topological polar surface area (TPSA) is 58.1 Å². The molecule has 5 nitrogen and oxygen atoms in total. The first kappa shape index (κ1) is 20.5. The fraction of sp³-hybridized carbons (Fsp3) is 0.522. The van der Waals surface area contributed by atoms with Gasteiger partial charge in [-0.15, -0.1) is 0 Å². The fourth-order valence-electron chi connectivity index (χ4n) is 3.83. The Bertz CT molecular complexity index is 730. The van der Waals surface area contributed by atoms with Crippen molar-refractivity contribution in [1.29, 1.82) is 0 Å². The van der Waals surface area contributed by atoms with Crippen molar-refractivity contribution < 1.29 is 4.79 Å². The Labute approximate surface area is 168 Å². The maximum Gasteiger partial charge on any atom is 0.220 e. The third kappa shape index (κ3) is 6.71. The van der Waals surface area contributed by atoms with Crippen molar-refractivity contribution in [2.75, 3.05) is 13.1 Å². The Kier molecular flexibility index (Phi) is 7.54. The van der Waals surface area contributed by atoms with Crippen LogP contribution in [-0.4, -0.2) is 39.9 Å². The summed E-state index contributed by atoms with van der Waals surface area (Å²) >= 11 is 0. The first-order chi connectivity index (χ1) is 13.6. The molecule has 150 valence electrons.